The zero-order valence-corrected chi connectivity index (χ0v) is 13.9. The Morgan fingerprint density at radius 2 is 1.73 bits per heavy atom. The third-order valence-electron chi connectivity index (χ3n) is 3.85. The molecule has 0 fully saturated rings. The Bertz CT molecular complexity index is 578. The van der Waals surface area contributed by atoms with Crippen molar-refractivity contribution in [1.82, 2.24) is 9.88 Å². The number of rotatable bonds is 7. The van der Waals surface area contributed by atoms with Crippen molar-refractivity contribution in [1.29, 1.82) is 0 Å². The second kappa shape index (κ2) is 7.52. The van der Waals surface area contributed by atoms with Crippen molar-refractivity contribution in [2.24, 2.45) is 11.1 Å². The molecule has 0 aliphatic rings. The maximum Gasteiger partial charge on any atom is 0.0271 e. The second-order valence-corrected chi connectivity index (χ2v) is 6.86. The Morgan fingerprint density at radius 1 is 1.05 bits per heavy atom. The lowest BCUT2D eigenvalue weighted by Gasteiger charge is -2.32. The van der Waals surface area contributed by atoms with Gasteiger partial charge in [-0.15, -0.1) is 0 Å². The molecule has 3 nitrogen and oxygen atoms in total. The second-order valence-electron chi connectivity index (χ2n) is 6.86. The summed E-state index contributed by atoms with van der Waals surface area (Å²) in [5.41, 5.74) is 9.98. The Kier molecular flexibility index (Phi) is 5.69. The van der Waals surface area contributed by atoms with Crippen molar-refractivity contribution in [2.75, 3.05) is 13.1 Å². The predicted molar refractivity (Wildman–Crippen MR) is 92.4 cm³/mol. The number of benzene rings is 1. The first-order valence-electron chi connectivity index (χ1n) is 7.85. The van der Waals surface area contributed by atoms with E-state index in [0.29, 0.717) is 6.54 Å². The molecule has 2 rings (SSSR count). The van der Waals surface area contributed by atoms with Crippen LogP contribution in [-0.2, 0) is 13.1 Å². The molecule has 118 valence electrons. The molecule has 0 radical (unpaired) electrons. The monoisotopic (exact) mass is 297 g/mol. The Balaban J connectivity index is 2.14. The van der Waals surface area contributed by atoms with E-state index in [9.17, 15) is 0 Å². The Hall–Kier alpha value is -1.71. The van der Waals surface area contributed by atoms with Crippen molar-refractivity contribution in [3.8, 4) is 0 Å². The zero-order valence-electron chi connectivity index (χ0n) is 13.9. The number of nitrogens with zero attached hydrogens (tertiary/aromatic N) is 2. The van der Waals surface area contributed by atoms with Crippen LogP contribution in [0.25, 0.3) is 0 Å². The van der Waals surface area contributed by atoms with Crippen LogP contribution in [0.5, 0.6) is 0 Å². The summed E-state index contributed by atoms with van der Waals surface area (Å²) in [5, 5.41) is 0. The average molecular weight is 297 g/mol. The smallest absolute Gasteiger partial charge is 0.0271 e. The van der Waals surface area contributed by atoms with Gasteiger partial charge in [0.2, 0.25) is 0 Å². The maximum atomic E-state index is 5.93. The molecule has 0 saturated carbocycles. The van der Waals surface area contributed by atoms with E-state index in [1.165, 1.54) is 16.7 Å². The highest BCUT2D eigenvalue weighted by atomic mass is 15.1. The first-order chi connectivity index (χ1) is 10.5. The van der Waals surface area contributed by atoms with E-state index in [1.54, 1.807) is 0 Å². The van der Waals surface area contributed by atoms with Gasteiger partial charge in [0.15, 0.2) is 0 Å². The Morgan fingerprint density at radius 3 is 2.36 bits per heavy atom. The number of pyridine rings is 1. The lowest BCUT2D eigenvalue weighted by atomic mass is 9.92. The molecular formula is C19H27N3. The summed E-state index contributed by atoms with van der Waals surface area (Å²) in [7, 11) is 0. The van der Waals surface area contributed by atoms with Gasteiger partial charge in [-0.25, -0.2) is 0 Å². The molecule has 0 bridgehead atoms. The van der Waals surface area contributed by atoms with E-state index in [4.69, 9.17) is 5.73 Å². The molecule has 0 amide bonds. The van der Waals surface area contributed by atoms with Crippen LogP contribution in [0.15, 0.2) is 48.8 Å². The van der Waals surface area contributed by atoms with Gasteiger partial charge >= 0.3 is 0 Å². The highest BCUT2D eigenvalue weighted by Gasteiger charge is 2.20. The molecule has 0 saturated heterocycles. The van der Waals surface area contributed by atoms with Crippen LogP contribution in [0.2, 0.25) is 0 Å². The molecule has 22 heavy (non-hydrogen) atoms. The van der Waals surface area contributed by atoms with Crippen molar-refractivity contribution in [3.63, 3.8) is 0 Å². The van der Waals surface area contributed by atoms with Crippen molar-refractivity contribution < 1.29 is 0 Å². The molecule has 0 unspecified atom stereocenters. The van der Waals surface area contributed by atoms with E-state index in [-0.39, 0.29) is 5.41 Å². The normalized spacial score (nSPS) is 11.9. The minimum absolute atomic E-state index is 0.108. The van der Waals surface area contributed by atoms with Crippen molar-refractivity contribution >= 4 is 0 Å². The van der Waals surface area contributed by atoms with E-state index in [0.717, 1.165) is 19.6 Å². The van der Waals surface area contributed by atoms with E-state index in [2.05, 4.69) is 67.1 Å². The van der Waals surface area contributed by atoms with Crippen LogP contribution < -0.4 is 5.73 Å². The molecule has 1 aromatic heterocycles. The van der Waals surface area contributed by atoms with Gasteiger partial charge in [0, 0.05) is 32.0 Å². The molecular weight excluding hydrogens is 270 g/mol. The summed E-state index contributed by atoms with van der Waals surface area (Å²) in [6, 6.07) is 12.9. The molecule has 1 aromatic carbocycles. The number of nitrogens with two attached hydrogens (primary N) is 1. The Labute approximate surface area is 134 Å². The van der Waals surface area contributed by atoms with Gasteiger partial charge in [0.25, 0.3) is 0 Å². The summed E-state index contributed by atoms with van der Waals surface area (Å²) >= 11 is 0. The fourth-order valence-corrected chi connectivity index (χ4v) is 2.65. The topological polar surface area (TPSA) is 42.2 Å². The molecule has 2 aromatic rings. The predicted octanol–water partition coefficient (Wildman–Crippen LogP) is 3.38. The minimum atomic E-state index is 0.108. The van der Waals surface area contributed by atoms with Gasteiger partial charge in [-0.3, -0.25) is 9.88 Å². The summed E-state index contributed by atoms with van der Waals surface area (Å²) in [5.74, 6) is 0. The van der Waals surface area contributed by atoms with Crippen LogP contribution in [0, 0.1) is 12.3 Å². The molecule has 0 aliphatic heterocycles. The number of hydrogen-bond acceptors (Lipinski definition) is 3. The molecule has 2 N–H and O–H groups in total. The van der Waals surface area contributed by atoms with E-state index < -0.39 is 0 Å². The van der Waals surface area contributed by atoms with Crippen LogP contribution in [0.3, 0.4) is 0 Å². The van der Waals surface area contributed by atoms with Crippen LogP contribution in [0.4, 0.5) is 0 Å². The largest absolute Gasteiger partial charge is 0.330 e. The molecule has 1 heterocycles. The van der Waals surface area contributed by atoms with Gasteiger partial charge in [0.1, 0.15) is 0 Å². The minimum Gasteiger partial charge on any atom is -0.330 e. The van der Waals surface area contributed by atoms with Crippen LogP contribution >= 0.6 is 0 Å². The van der Waals surface area contributed by atoms with Gasteiger partial charge in [0.05, 0.1) is 0 Å². The zero-order chi connectivity index (χ0) is 16.0. The number of aryl methyl sites for hydroxylation is 1. The SMILES string of the molecule is Cc1cccc(CN(Cc2ccncc2)CC(C)(C)CN)c1. The highest BCUT2D eigenvalue weighted by Crippen LogP contribution is 2.19. The lowest BCUT2D eigenvalue weighted by Crippen LogP contribution is -2.38. The molecule has 0 spiro atoms. The number of hydrogen-bond donors (Lipinski definition) is 1. The van der Waals surface area contributed by atoms with Gasteiger partial charge < -0.3 is 5.73 Å². The third kappa shape index (κ3) is 5.24. The summed E-state index contributed by atoms with van der Waals surface area (Å²) in [6.07, 6.45) is 3.71. The maximum absolute atomic E-state index is 5.93. The first kappa shape index (κ1) is 16.7. The summed E-state index contributed by atoms with van der Waals surface area (Å²) in [4.78, 5) is 6.57. The van der Waals surface area contributed by atoms with Crippen LogP contribution in [0.1, 0.15) is 30.5 Å². The third-order valence-corrected chi connectivity index (χ3v) is 3.85. The van der Waals surface area contributed by atoms with E-state index >= 15 is 0 Å². The summed E-state index contributed by atoms with van der Waals surface area (Å²) < 4.78 is 0. The standard InChI is InChI=1S/C19H27N3/c1-16-5-4-6-18(11-16)13-22(15-19(2,3)14-20)12-17-7-9-21-10-8-17/h4-11H,12-15,20H2,1-3H3. The van der Waals surface area contributed by atoms with E-state index in [1.807, 2.05) is 12.4 Å². The fraction of sp³-hybridized carbons (Fsp3) is 0.421. The first-order valence-corrected chi connectivity index (χ1v) is 7.85. The fourth-order valence-electron chi connectivity index (χ4n) is 2.65. The average Bonchev–Trinajstić information content (AvgIpc) is 2.48. The lowest BCUT2D eigenvalue weighted by molar-refractivity contribution is 0.168. The molecule has 0 aliphatic carbocycles. The van der Waals surface area contributed by atoms with Crippen LogP contribution in [-0.4, -0.2) is 23.0 Å². The van der Waals surface area contributed by atoms with Crippen molar-refractivity contribution in [2.45, 2.75) is 33.9 Å². The van der Waals surface area contributed by atoms with Gasteiger partial charge in [-0.05, 0) is 42.1 Å². The summed E-state index contributed by atoms with van der Waals surface area (Å²) in [6.45, 7) is 10.1. The van der Waals surface area contributed by atoms with Gasteiger partial charge in [-0.1, -0.05) is 43.7 Å². The highest BCUT2D eigenvalue weighted by molar-refractivity contribution is 5.22. The molecule has 0 atom stereocenters. The molecule has 3 heteroatoms. The van der Waals surface area contributed by atoms with Crippen molar-refractivity contribution in [3.05, 3.63) is 65.5 Å². The number of aromatic nitrogens is 1. The van der Waals surface area contributed by atoms with Gasteiger partial charge in [-0.2, -0.15) is 0 Å². The quantitative estimate of drug-likeness (QED) is 0.852.